The van der Waals surface area contributed by atoms with Crippen LogP contribution in [0.5, 0.6) is 0 Å². The molecule has 5 nitrogen and oxygen atoms in total. The van der Waals surface area contributed by atoms with Crippen molar-refractivity contribution in [2.24, 2.45) is 0 Å². The number of ether oxygens (including phenoxy) is 1. The summed E-state index contributed by atoms with van der Waals surface area (Å²) in [6.45, 7) is 5.43. The third-order valence-electron chi connectivity index (χ3n) is 2.97. The number of esters is 1. The standard InChI is InChI=1S/C17H17IN2O3/c1-10(2)23-17(22)15-6-4-5-14(19-15)16(21)20-13-8-7-12(18)9-11(13)3/h4-10H,1-3H3,(H,20,21). The molecule has 0 unspecified atom stereocenters. The van der Waals surface area contributed by atoms with Gasteiger partial charge in [-0.05, 0) is 79.3 Å². The highest BCUT2D eigenvalue weighted by Crippen LogP contribution is 2.18. The van der Waals surface area contributed by atoms with Crippen molar-refractivity contribution < 1.29 is 14.3 Å². The van der Waals surface area contributed by atoms with Crippen LogP contribution in [0.2, 0.25) is 0 Å². The molecule has 0 aliphatic heterocycles. The van der Waals surface area contributed by atoms with E-state index in [0.717, 1.165) is 9.13 Å². The average molecular weight is 424 g/mol. The van der Waals surface area contributed by atoms with Crippen molar-refractivity contribution in [1.29, 1.82) is 0 Å². The maximum Gasteiger partial charge on any atom is 0.357 e. The molecule has 0 saturated carbocycles. The lowest BCUT2D eigenvalue weighted by molar-refractivity contribution is 0.0371. The van der Waals surface area contributed by atoms with Crippen LogP contribution in [-0.4, -0.2) is 23.0 Å². The zero-order valence-electron chi connectivity index (χ0n) is 13.1. The number of nitrogens with one attached hydrogen (secondary N) is 1. The molecule has 120 valence electrons. The van der Waals surface area contributed by atoms with E-state index in [4.69, 9.17) is 4.74 Å². The number of hydrogen-bond acceptors (Lipinski definition) is 4. The quantitative estimate of drug-likeness (QED) is 0.599. The molecule has 0 bridgehead atoms. The molecule has 2 aromatic rings. The Morgan fingerprint density at radius 1 is 1.17 bits per heavy atom. The Labute approximate surface area is 148 Å². The fourth-order valence-electron chi connectivity index (χ4n) is 1.90. The molecular formula is C17H17IN2O3. The highest BCUT2D eigenvalue weighted by molar-refractivity contribution is 14.1. The summed E-state index contributed by atoms with van der Waals surface area (Å²) in [5.41, 5.74) is 1.96. The minimum Gasteiger partial charge on any atom is -0.458 e. The van der Waals surface area contributed by atoms with Crippen molar-refractivity contribution >= 4 is 40.2 Å². The van der Waals surface area contributed by atoms with Gasteiger partial charge < -0.3 is 10.1 Å². The van der Waals surface area contributed by atoms with Crippen LogP contribution < -0.4 is 5.32 Å². The van der Waals surface area contributed by atoms with Crippen LogP contribution in [0.1, 0.15) is 40.4 Å². The van der Waals surface area contributed by atoms with E-state index >= 15 is 0 Å². The van der Waals surface area contributed by atoms with Crippen LogP contribution in [0.25, 0.3) is 0 Å². The minimum atomic E-state index is -0.542. The molecule has 0 aliphatic carbocycles. The van der Waals surface area contributed by atoms with Gasteiger partial charge in [-0.15, -0.1) is 0 Å². The molecule has 0 radical (unpaired) electrons. The van der Waals surface area contributed by atoms with E-state index < -0.39 is 5.97 Å². The van der Waals surface area contributed by atoms with Crippen molar-refractivity contribution in [3.63, 3.8) is 0 Å². The highest BCUT2D eigenvalue weighted by Gasteiger charge is 2.15. The Morgan fingerprint density at radius 3 is 2.52 bits per heavy atom. The van der Waals surface area contributed by atoms with Crippen LogP contribution in [-0.2, 0) is 4.74 Å². The van der Waals surface area contributed by atoms with Crippen molar-refractivity contribution in [3.05, 3.63) is 56.9 Å². The first-order chi connectivity index (χ1) is 10.9. The first-order valence-corrected chi connectivity index (χ1v) is 8.20. The molecule has 0 saturated heterocycles. The van der Waals surface area contributed by atoms with E-state index in [-0.39, 0.29) is 23.4 Å². The summed E-state index contributed by atoms with van der Waals surface area (Å²) in [6.07, 6.45) is -0.240. The van der Waals surface area contributed by atoms with E-state index in [1.54, 1.807) is 26.0 Å². The monoisotopic (exact) mass is 424 g/mol. The summed E-state index contributed by atoms with van der Waals surface area (Å²) in [7, 11) is 0. The zero-order valence-corrected chi connectivity index (χ0v) is 15.2. The Balaban J connectivity index is 2.18. The van der Waals surface area contributed by atoms with E-state index in [1.807, 2.05) is 25.1 Å². The second kappa shape index (κ2) is 7.54. The summed E-state index contributed by atoms with van der Waals surface area (Å²) in [5.74, 6) is -0.909. The smallest absolute Gasteiger partial charge is 0.357 e. The van der Waals surface area contributed by atoms with Crippen LogP contribution in [0.4, 0.5) is 5.69 Å². The van der Waals surface area contributed by atoms with Crippen molar-refractivity contribution in [1.82, 2.24) is 4.98 Å². The predicted molar refractivity (Wildman–Crippen MR) is 96.6 cm³/mol. The van der Waals surface area contributed by atoms with E-state index in [9.17, 15) is 9.59 Å². The number of hydrogen-bond donors (Lipinski definition) is 1. The SMILES string of the molecule is Cc1cc(I)ccc1NC(=O)c1cccc(C(=O)OC(C)C)n1. The average Bonchev–Trinajstić information content (AvgIpc) is 2.49. The largest absolute Gasteiger partial charge is 0.458 e. The lowest BCUT2D eigenvalue weighted by Crippen LogP contribution is -2.18. The first-order valence-electron chi connectivity index (χ1n) is 7.12. The molecule has 1 aromatic heterocycles. The number of halogens is 1. The Bertz CT molecular complexity index is 744. The van der Waals surface area contributed by atoms with Crippen LogP contribution in [0, 0.1) is 10.5 Å². The van der Waals surface area contributed by atoms with Gasteiger partial charge in [-0.25, -0.2) is 9.78 Å². The van der Waals surface area contributed by atoms with Gasteiger partial charge in [-0.2, -0.15) is 0 Å². The summed E-state index contributed by atoms with van der Waals surface area (Å²) in [5, 5.41) is 2.80. The van der Waals surface area contributed by atoms with Crippen LogP contribution >= 0.6 is 22.6 Å². The number of pyridine rings is 1. The van der Waals surface area contributed by atoms with Gasteiger partial charge in [-0.3, -0.25) is 4.79 Å². The highest BCUT2D eigenvalue weighted by atomic mass is 127. The predicted octanol–water partition coefficient (Wildman–Crippen LogP) is 3.81. The van der Waals surface area contributed by atoms with Gasteiger partial charge in [0.2, 0.25) is 0 Å². The van der Waals surface area contributed by atoms with Gasteiger partial charge in [0.15, 0.2) is 0 Å². The molecule has 23 heavy (non-hydrogen) atoms. The maximum atomic E-state index is 12.3. The number of anilines is 1. The second-order valence-corrected chi connectivity index (χ2v) is 6.52. The normalized spacial score (nSPS) is 10.5. The second-order valence-electron chi connectivity index (χ2n) is 5.28. The number of aromatic nitrogens is 1. The van der Waals surface area contributed by atoms with Gasteiger partial charge in [0, 0.05) is 9.26 Å². The number of benzene rings is 1. The number of nitrogens with zero attached hydrogens (tertiary/aromatic N) is 1. The lowest BCUT2D eigenvalue weighted by Gasteiger charge is -2.10. The molecule has 1 N–H and O–H groups in total. The van der Waals surface area contributed by atoms with E-state index in [2.05, 4.69) is 32.9 Å². The molecule has 1 heterocycles. The summed E-state index contributed by atoms with van der Waals surface area (Å²) >= 11 is 2.21. The number of amides is 1. The number of rotatable bonds is 4. The molecule has 0 atom stereocenters. The molecule has 1 aromatic carbocycles. The maximum absolute atomic E-state index is 12.3. The Kier molecular flexibility index (Phi) is 5.70. The molecular weight excluding hydrogens is 407 g/mol. The Morgan fingerprint density at radius 2 is 1.87 bits per heavy atom. The topological polar surface area (TPSA) is 68.3 Å². The summed E-state index contributed by atoms with van der Waals surface area (Å²) in [6, 6.07) is 10.4. The number of aryl methyl sites for hydroxylation is 1. The Hall–Kier alpha value is -1.96. The van der Waals surface area contributed by atoms with Crippen molar-refractivity contribution in [3.8, 4) is 0 Å². The molecule has 1 amide bonds. The molecule has 0 fully saturated rings. The molecule has 0 aliphatic rings. The van der Waals surface area contributed by atoms with E-state index in [0.29, 0.717) is 5.69 Å². The first kappa shape index (κ1) is 17.4. The van der Waals surface area contributed by atoms with Crippen LogP contribution in [0.15, 0.2) is 36.4 Å². The molecule has 0 spiro atoms. The zero-order chi connectivity index (χ0) is 17.0. The fourth-order valence-corrected chi connectivity index (χ4v) is 2.55. The lowest BCUT2D eigenvalue weighted by atomic mass is 10.2. The van der Waals surface area contributed by atoms with E-state index in [1.165, 1.54) is 6.07 Å². The van der Waals surface area contributed by atoms with Gasteiger partial charge in [-0.1, -0.05) is 6.07 Å². The van der Waals surface area contributed by atoms with Gasteiger partial charge in [0.25, 0.3) is 5.91 Å². The fraction of sp³-hybridized carbons (Fsp3) is 0.235. The van der Waals surface area contributed by atoms with Crippen molar-refractivity contribution in [2.45, 2.75) is 26.9 Å². The van der Waals surface area contributed by atoms with Crippen molar-refractivity contribution in [2.75, 3.05) is 5.32 Å². The van der Waals surface area contributed by atoms with Gasteiger partial charge >= 0.3 is 5.97 Å². The summed E-state index contributed by atoms with van der Waals surface area (Å²) < 4.78 is 6.18. The van der Waals surface area contributed by atoms with Gasteiger partial charge in [0.1, 0.15) is 11.4 Å². The third-order valence-corrected chi connectivity index (χ3v) is 3.64. The molecule has 2 rings (SSSR count). The summed E-state index contributed by atoms with van der Waals surface area (Å²) in [4.78, 5) is 28.3. The number of carbonyl (C=O) groups is 2. The van der Waals surface area contributed by atoms with Gasteiger partial charge in [0.05, 0.1) is 6.10 Å². The molecule has 6 heteroatoms. The third kappa shape index (κ3) is 4.75. The van der Waals surface area contributed by atoms with Crippen LogP contribution in [0.3, 0.4) is 0 Å². The number of carbonyl (C=O) groups excluding carboxylic acids is 2. The minimum absolute atomic E-state index is 0.116.